The number of hydrazone groups is 1. The van der Waals surface area contributed by atoms with Crippen molar-refractivity contribution in [1.82, 2.24) is 0 Å². The van der Waals surface area contributed by atoms with Crippen molar-refractivity contribution in [2.75, 3.05) is 5.01 Å². The molecule has 3 aromatic rings. The minimum atomic E-state index is -0.281. The summed E-state index contributed by atoms with van der Waals surface area (Å²) in [7, 11) is 0. The number of amides is 1. The molecule has 0 N–H and O–H groups in total. The molecule has 5 nitrogen and oxygen atoms in total. The number of Topliss-reactive ketones (excluding diaryl/α,β-unsaturated/α-hetero) is 1. The average Bonchev–Trinajstić information content (AvgIpc) is 3.41. The van der Waals surface area contributed by atoms with Gasteiger partial charge in [-0.05, 0) is 30.8 Å². The van der Waals surface area contributed by atoms with E-state index >= 15 is 0 Å². The number of ketones is 1. The molecule has 0 fully saturated rings. The van der Waals surface area contributed by atoms with Gasteiger partial charge in [-0.3, -0.25) is 9.59 Å². The predicted octanol–water partition coefficient (Wildman–Crippen LogP) is 5.64. The summed E-state index contributed by atoms with van der Waals surface area (Å²) in [6.45, 7) is 1.77. The molecule has 0 bridgehead atoms. The second-order valence-corrected chi connectivity index (χ2v) is 8.21. The lowest BCUT2D eigenvalue weighted by molar-refractivity contribution is -0.114. The van der Waals surface area contributed by atoms with Gasteiger partial charge in [-0.25, -0.2) is 0 Å². The van der Waals surface area contributed by atoms with Crippen molar-refractivity contribution in [3.63, 3.8) is 0 Å². The van der Waals surface area contributed by atoms with E-state index in [0.29, 0.717) is 38.3 Å². The molecule has 1 amide bonds. The van der Waals surface area contributed by atoms with Crippen LogP contribution >= 0.6 is 11.8 Å². The highest BCUT2D eigenvalue weighted by atomic mass is 32.2. The molecule has 0 aromatic heterocycles. The number of ether oxygens (including phenoxy) is 1. The molecule has 2 aliphatic heterocycles. The second-order valence-electron chi connectivity index (χ2n) is 7.22. The van der Waals surface area contributed by atoms with Gasteiger partial charge in [0.1, 0.15) is 10.5 Å². The van der Waals surface area contributed by atoms with Crippen LogP contribution in [0.4, 0.5) is 5.69 Å². The number of carbonyl (C=O) groups excluding carboxylic acids is 2. The van der Waals surface area contributed by atoms with Gasteiger partial charge in [0.15, 0.2) is 10.9 Å². The molecule has 156 valence electrons. The van der Waals surface area contributed by atoms with E-state index in [4.69, 9.17) is 4.74 Å². The van der Waals surface area contributed by atoms with Crippen molar-refractivity contribution in [2.24, 2.45) is 5.10 Å². The number of allylic oxidation sites excluding steroid dienone is 1. The maximum absolute atomic E-state index is 13.3. The number of hydrogen-bond donors (Lipinski definition) is 0. The summed E-state index contributed by atoms with van der Waals surface area (Å²) in [5.74, 6) is 0.0211. The molecule has 3 aromatic carbocycles. The van der Waals surface area contributed by atoms with Crippen LogP contribution in [0, 0.1) is 0 Å². The number of carbonyl (C=O) groups is 2. The van der Waals surface area contributed by atoms with Gasteiger partial charge in [-0.2, -0.15) is 10.1 Å². The van der Waals surface area contributed by atoms with Crippen molar-refractivity contribution in [3.8, 4) is 0 Å². The van der Waals surface area contributed by atoms with Crippen LogP contribution in [0.25, 0.3) is 5.76 Å². The third-order valence-corrected chi connectivity index (χ3v) is 6.14. The maximum Gasteiger partial charge on any atom is 0.285 e. The van der Waals surface area contributed by atoms with E-state index in [1.807, 2.05) is 78.9 Å². The number of nitrogens with zero attached hydrogens (tertiary/aromatic N) is 2. The minimum Gasteiger partial charge on any atom is -0.447 e. The first-order chi connectivity index (χ1) is 15.6. The molecule has 2 heterocycles. The van der Waals surface area contributed by atoms with Crippen LogP contribution in [-0.2, 0) is 9.53 Å². The Morgan fingerprint density at radius 2 is 1.47 bits per heavy atom. The third kappa shape index (κ3) is 3.55. The van der Waals surface area contributed by atoms with Gasteiger partial charge in [0.2, 0.25) is 5.78 Å². The number of thioether (sulfide) groups is 1. The molecule has 32 heavy (non-hydrogen) atoms. The Bertz CT molecular complexity index is 1300. The standard InChI is InChI=1S/C26H18N2O3S/c1-17-21(25(30)28(27-17)20-15-9-4-10-16-20)26-31-23(19-13-7-3-8-14-19)24(32-26)22(29)18-11-5-2-6-12-18/h2-16H,1H3/b26-21-. The quantitative estimate of drug-likeness (QED) is 0.391. The predicted molar refractivity (Wildman–Crippen MR) is 127 cm³/mol. The normalized spacial score (nSPS) is 18.1. The van der Waals surface area contributed by atoms with E-state index < -0.39 is 0 Å². The lowest BCUT2D eigenvalue weighted by Gasteiger charge is -2.11. The van der Waals surface area contributed by atoms with Crippen molar-refractivity contribution < 1.29 is 14.3 Å². The third-order valence-electron chi connectivity index (χ3n) is 5.10. The van der Waals surface area contributed by atoms with E-state index in [0.717, 1.165) is 5.56 Å². The number of para-hydroxylation sites is 1. The summed E-state index contributed by atoms with van der Waals surface area (Å²) >= 11 is 1.18. The van der Waals surface area contributed by atoms with Gasteiger partial charge in [0.25, 0.3) is 5.91 Å². The Hall–Kier alpha value is -3.90. The number of hydrogen-bond acceptors (Lipinski definition) is 5. The zero-order valence-electron chi connectivity index (χ0n) is 17.2. The van der Waals surface area contributed by atoms with Crippen LogP contribution in [0.3, 0.4) is 0 Å². The molecule has 0 radical (unpaired) electrons. The summed E-state index contributed by atoms with van der Waals surface area (Å²) in [6, 6.07) is 27.7. The molecule has 2 aliphatic rings. The van der Waals surface area contributed by atoms with Crippen molar-refractivity contribution in [1.29, 1.82) is 0 Å². The molecule has 0 atom stereocenters. The number of anilines is 1. The highest BCUT2D eigenvalue weighted by Crippen LogP contribution is 2.47. The van der Waals surface area contributed by atoms with E-state index in [1.54, 1.807) is 19.1 Å². The first-order valence-corrected chi connectivity index (χ1v) is 10.9. The monoisotopic (exact) mass is 438 g/mol. The fourth-order valence-electron chi connectivity index (χ4n) is 3.54. The Morgan fingerprint density at radius 1 is 0.875 bits per heavy atom. The SMILES string of the molecule is CC1=NN(c2ccccc2)C(=O)/C1=C1/OC(c2ccccc2)=C(C(=O)c2ccccc2)S1. The van der Waals surface area contributed by atoms with Gasteiger partial charge >= 0.3 is 0 Å². The number of benzene rings is 3. The first-order valence-electron chi connectivity index (χ1n) is 10.1. The molecular formula is C26H18N2O3S. The molecule has 0 aliphatic carbocycles. The average molecular weight is 439 g/mol. The van der Waals surface area contributed by atoms with E-state index in [-0.39, 0.29) is 11.7 Å². The fraction of sp³-hybridized carbons (Fsp3) is 0.0385. The van der Waals surface area contributed by atoms with Crippen LogP contribution < -0.4 is 5.01 Å². The largest absolute Gasteiger partial charge is 0.447 e. The molecule has 0 unspecified atom stereocenters. The summed E-state index contributed by atoms with van der Waals surface area (Å²) in [4.78, 5) is 27.0. The van der Waals surface area contributed by atoms with E-state index in [9.17, 15) is 9.59 Å². The van der Waals surface area contributed by atoms with Gasteiger partial charge in [0, 0.05) is 11.1 Å². The zero-order chi connectivity index (χ0) is 22.1. The lowest BCUT2D eigenvalue weighted by Crippen LogP contribution is -2.22. The minimum absolute atomic E-state index is 0.148. The Kier molecular flexibility index (Phi) is 5.21. The Balaban J connectivity index is 1.56. The van der Waals surface area contributed by atoms with Crippen LogP contribution in [0.2, 0.25) is 0 Å². The maximum atomic E-state index is 13.3. The van der Waals surface area contributed by atoms with Gasteiger partial charge in [-0.1, -0.05) is 78.9 Å². The number of rotatable bonds is 4. The van der Waals surface area contributed by atoms with Crippen molar-refractivity contribution in [3.05, 3.63) is 118 Å². The lowest BCUT2D eigenvalue weighted by atomic mass is 10.1. The van der Waals surface area contributed by atoms with E-state index in [1.165, 1.54) is 16.8 Å². The smallest absolute Gasteiger partial charge is 0.285 e. The fourth-order valence-corrected chi connectivity index (χ4v) is 4.65. The molecule has 6 heteroatoms. The second kappa shape index (κ2) is 8.32. The topological polar surface area (TPSA) is 59.0 Å². The molecule has 5 rings (SSSR count). The van der Waals surface area contributed by atoms with Gasteiger partial charge < -0.3 is 4.74 Å². The van der Waals surface area contributed by atoms with Crippen molar-refractivity contribution in [2.45, 2.75) is 6.92 Å². The summed E-state index contributed by atoms with van der Waals surface area (Å²) in [5, 5.41) is 6.17. The van der Waals surface area contributed by atoms with Crippen LogP contribution in [-0.4, -0.2) is 17.4 Å². The zero-order valence-corrected chi connectivity index (χ0v) is 18.0. The van der Waals surface area contributed by atoms with Crippen LogP contribution in [0.5, 0.6) is 0 Å². The molecule has 0 spiro atoms. The molecular weight excluding hydrogens is 420 g/mol. The summed E-state index contributed by atoms with van der Waals surface area (Å²) in [5.41, 5.74) is 2.92. The highest BCUT2D eigenvalue weighted by Gasteiger charge is 2.38. The van der Waals surface area contributed by atoms with Crippen LogP contribution in [0.15, 0.2) is 112 Å². The van der Waals surface area contributed by atoms with Crippen LogP contribution in [0.1, 0.15) is 22.8 Å². The molecule has 0 saturated heterocycles. The molecule has 0 saturated carbocycles. The first kappa shape index (κ1) is 20.0. The van der Waals surface area contributed by atoms with Crippen molar-refractivity contribution >= 4 is 40.6 Å². The van der Waals surface area contributed by atoms with E-state index in [2.05, 4.69) is 5.10 Å². The van der Waals surface area contributed by atoms with Gasteiger partial charge in [0.05, 0.1) is 11.4 Å². The summed E-state index contributed by atoms with van der Waals surface area (Å²) < 4.78 is 6.18. The van der Waals surface area contributed by atoms with Gasteiger partial charge in [-0.15, -0.1) is 0 Å². The Labute approximate surface area is 189 Å². The summed E-state index contributed by atoms with van der Waals surface area (Å²) in [6.07, 6.45) is 0. The Morgan fingerprint density at radius 3 is 2.12 bits per heavy atom. The highest BCUT2D eigenvalue weighted by molar-refractivity contribution is 8.08.